The van der Waals surface area contributed by atoms with E-state index in [1.807, 2.05) is 12.1 Å². The number of benzene rings is 2. The van der Waals surface area contributed by atoms with Gasteiger partial charge in [0.05, 0.1) is 13.2 Å². The molecule has 1 heterocycles. The lowest BCUT2D eigenvalue weighted by atomic mass is 9.86. The van der Waals surface area contributed by atoms with Crippen LogP contribution in [0.1, 0.15) is 49.3 Å². The van der Waals surface area contributed by atoms with Crippen molar-refractivity contribution in [1.29, 1.82) is 0 Å². The van der Waals surface area contributed by atoms with Gasteiger partial charge in [0.1, 0.15) is 0 Å². The van der Waals surface area contributed by atoms with Gasteiger partial charge in [0, 0.05) is 49.5 Å². The Morgan fingerprint density at radius 2 is 1.81 bits per heavy atom. The third-order valence-electron chi connectivity index (χ3n) is 6.88. The molecule has 164 valence electrons. The highest BCUT2D eigenvalue weighted by Crippen LogP contribution is 2.40. The van der Waals surface area contributed by atoms with Gasteiger partial charge in [0.15, 0.2) is 0 Å². The first-order valence-corrected chi connectivity index (χ1v) is 11.8. The van der Waals surface area contributed by atoms with Crippen LogP contribution in [0.25, 0.3) is 0 Å². The van der Waals surface area contributed by atoms with E-state index >= 15 is 0 Å². The molecule has 1 N–H and O–H groups in total. The summed E-state index contributed by atoms with van der Waals surface area (Å²) in [6, 6.07) is 18.2. The number of morpholine rings is 1. The van der Waals surface area contributed by atoms with E-state index in [0.717, 1.165) is 38.5 Å². The van der Waals surface area contributed by atoms with Crippen molar-refractivity contribution < 1.29 is 9.53 Å². The summed E-state index contributed by atoms with van der Waals surface area (Å²) in [6.07, 6.45) is 6.71. The van der Waals surface area contributed by atoms with E-state index in [1.54, 1.807) is 0 Å². The highest BCUT2D eigenvalue weighted by atomic mass is 16.5. The molecule has 5 nitrogen and oxygen atoms in total. The molecule has 0 aromatic heterocycles. The molecule has 2 fully saturated rings. The van der Waals surface area contributed by atoms with Crippen molar-refractivity contribution in [3.8, 4) is 0 Å². The maximum atomic E-state index is 12.7. The number of nitrogens with one attached hydrogen (secondary N) is 1. The Morgan fingerprint density at radius 1 is 1.03 bits per heavy atom. The summed E-state index contributed by atoms with van der Waals surface area (Å²) in [5.41, 5.74) is 5.05. The standard InChI is InChI=1S/C26H33N3O2/c30-26(27-21-8-10-22(11-9-21)28-16-18-31-19-17-28)14-15-29(23-12-13-23)25-7-3-5-20-4-1-2-6-24(20)25/h1-2,4,6,8-11,23,25H,3,5,7,12-19H2,(H,27,30). The van der Waals surface area contributed by atoms with Crippen molar-refractivity contribution in [2.75, 3.05) is 43.1 Å². The summed E-state index contributed by atoms with van der Waals surface area (Å²) in [5, 5.41) is 3.10. The molecule has 1 saturated carbocycles. The van der Waals surface area contributed by atoms with Crippen molar-refractivity contribution in [2.45, 2.75) is 50.6 Å². The van der Waals surface area contributed by atoms with E-state index in [4.69, 9.17) is 4.74 Å². The van der Waals surface area contributed by atoms with Gasteiger partial charge in [-0.25, -0.2) is 0 Å². The van der Waals surface area contributed by atoms with Gasteiger partial charge in [-0.3, -0.25) is 9.69 Å². The second-order valence-electron chi connectivity index (χ2n) is 9.02. The van der Waals surface area contributed by atoms with Gasteiger partial charge in [-0.1, -0.05) is 24.3 Å². The number of hydrogen-bond donors (Lipinski definition) is 1. The molecule has 5 heteroatoms. The molecule has 2 aromatic carbocycles. The molecular weight excluding hydrogens is 386 g/mol. The fraction of sp³-hybridized carbons (Fsp3) is 0.500. The third-order valence-corrected chi connectivity index (χ3v) is 6.88. The fourth-order valence-electron chi connectivity index (χ4n) is 5.10. The van der Waals surface area contributed by atoms with E-state index in [0.29, 0.717) is 18.5 Å². The number of aryl methyl sites for hydroxylation is 1. The zero-order valence-corrected chi connectivity index (χ0v) is 18.3. The monoisotopic (exact) mass is 419 g/mol. The summed E-state index contributed by atoms with van der Waals surface area (Å²) in [6.45, 7) is 4.24. The van der Waals surface area contributed by atoms with Gasteiger partial charge in [0.2, 0.25) is 5.91 Å². The van der Waals surface area contributed by atoms with Crippen LogP contribution in [-0.2, 0) is 16.0 Å². The van der Waals surface area contributed by atoms with Gasteiger partial charge in [-0.2, -0.15) is 0 Å². The van der Waals surface area contributed by atoms with E-state index in [9.17, 15) is 4.79 Å². The second kappa shape index (κ2) is 9.41. The minimum atomic E-state index is 0.105. The average molecular weight is 420 g/mol. The minimum absolute atomic E-state index is 0.105. The first-order valence-electron chi connectivity index (χ1n) is 11.8. The smallest absolute Gasteiger partial charge is 0.225 e. The van der Waals surface area contributed by atoms with Crippen LogP contribution in [-0.4, -0.2) is 49.7 Å². The van der Waals surface area contributed by atoms with E-state index in [1.165, 1.54) is 48.9 Å². The number of nitrogens with zero attached hydrogens (tertiary/aromatic N) is 2. The SMILES string of the molecule is O=C(CCN(C1CC1)C1CCCc2ccccc21)Nc1ccc(N2CCOCC2)cc1. The number of anilines is 2. The largest absolute Gasteiger partial charge is 0.378 e. The molecule has 1 saturated heterocycles. The molecule has 1 amide bonds. The molecule has 5 rings (SSSR count). The van der Waals surface area contributed by atoms with E-state index in [-0.39, 0.29) is 5.91 Å². The van der Waals surface area contributed by atoms with E-state index < -0.39 is 0 Å². The van der Waals surface area contributed by atoms with Crippen LogP contribution in [0.5, 0.6) is 0 Å². The number of amides is 1. The van der Waals surface area contributed by atoms with Gasteiger partial charge >= 0.3 is 0 Å². The summed E-state index contributed by atoms with van der Waals surface area (Å²) in [7, 11) is 0. The summed E-state index contributed by atoms with van der Waals surface area (Å²) in [4.78, 5) is 17.6. The zero-order chi connectivity index (χ0) is 21.0. The second-order valence-corrected chi connectivity index (χ2v) is 9.02. The van der Waals surface area contributed by atoms with Crippen LogP contribution < -0.4 is 10.2 Å². The van der Waals surface area contributed by atoms with Crippen LogP contribution in [0.4, 0.5) is 11.4 Å². The topological polar surface area (TPSA) is 44.8 Å². The normalized spacial score (nSPS) is 21.1. The number of hydrogen-bond acceptors (Lipinski definition) is 4. The first kappa shape index (κ1) is 20.5. The average Bonchev–Trinajstić information content (AvgIpc) is 3.66. The summed E-state index contributed by atoms with van der Waals surface area (Å²) in [5.74, 6) is 0.105. The van der Waals surface area contributed by atoms with Crippen molar-refractivity contribution >= 4 is 17.3 Å². The maximum Gasteiger partial charge on any atom is 0.225 e. The number of rotatable bonds is 7. The molecule has 2 aromatic rings. The molecule has 1 unspecified atom stereocenters. The van der Waals surface area contributed by atoms with Crippen molar-refractivity contribution in [3.63, 3.8) is 0 Å². The minimum Gasteiger partial charge on any atom is -0.378 e. The number of carbonyl (C=O) groups is 1. The molecule has 31 heavy (non-hydrogen) atoms. The molecule has 0 radical (unpaired) electrons. The Morgan fingerprint density at radius 3 is 2.58 bits per heavy atom. The van der Waals surface area contributed by atoms with Crippen LogP contribution in [0.15, 0.2) is 48.5 Å². The Labute approximate surface area is 185 Å². The molecule has 0 spiro atoms. The van der Waals surface area contributed by atoms with Gasteiger partial charge in [-0.15, -0.1) is 0 Å². The lowest BCUT2D eigenvalue weighted by molar-refractivity contribution is -0.116. The Balaban J connectivity index is 1.18. The molecule has 3 aliphatic rings. The zero-order valence-electron chi connectivity index (χ0n) is 18.3. The Kier molecular flexibility index (Phi) is 6.23. The quantitative estimate of drug-likeness (QED) is 0.723. The highest BCUT2D eigenvalue weighted by Gasteiger charge is 2.36. The summed E-state index contributed by atoms with van der Waals surface area (Å²) >= 11 is 0. The molecular formula is C26H33N3O2. The Bertz CT molecular complexity index is 888. The van der Waals surface area contributed by atoms with Crippen LogP contribution in [0.3, 0.4) is 0 Å². The first-order chi connectivity index (χ1) is 15.3. The predicted octanol–water partition coefficient (Wildman–Crippen LogP) is 4.39. The molecule has 1 atom stereocenters. The number of fused-ring (bicyclic) bond motifs is 1. The third kappa shape index (κ3) is 4.94. The number of carbonyl (C=O) groups excluding carboxylic acids is 1. The van der Waals surface area contributed by atoms with Crippen LogP contribution in [0, 0.1) is 0 Å². The fourth-order valence-corrected chi connectivity index (χ4v) is 5.10. The van der Waals surface area contributed by atoms with Gasteiger partial charge in [0.25, 0.3) is 0 Å². The predicted molar refractivity (Wildman–Crippen MR) is 125 cm³/mol. The van der Waals surface area contributed by atoms with Crippen LogP contribution >= 0.6 is 0 Å². The molecule has 1 aliphatic heterocycles. The Hall–Kier alpha value is -2.37. The molecule has 0 bridgehead atoms. The van der Waals surface area contributed by atoms with Crippen LogP contribution in [0.2, 0.25) is 0 Å². The van der Waals surface area contributed by atoms with Gasteiger partial charge < -0.3 is 15.0 Å². The van der Waals surface area contributed by atoms with Crippen molar-refractivity contribution in [1.82, 2.24) is 4.90 Å². The van der Waals surface area contributed by atoms with Gasteiger partial charge in [-0.05, 0) is 67.5 Å². The van der Waals surface area contributed by atoms with Crippen molar-refractivity contribution in [2.24, 2.45) is 0 Å². The number of ether oxygens (including phenoxy) is 1. The van der Waals surface area contributed by atoms with Crippen molar-refractivity contribution in [3.05, 3.63) is 59.7 Å². The lowest BCUT2D eigenvalue weighted by Gasteiger charge is -2.36. The summed E-state index contributed by atoms with van der Waals surface area (Å²) < 4.78 is 5.43. The lowest BCUT2D eigenvalue weighted by Crippen LogP contribution is -2.36. The highest BCUT2D eigenvalue weighted by molar-refractivity contribution is 5.91. The van der Waals surface area contributed by atoms with E-state index in [2.05, 4.69) is 51.5 Å². The molecule has 2 aliphatic carbocycles. The maximum absolute atomic E-state index is 12.7.